The van der Waals surface area contributed by atoms with Crippen LogP contribution in [0.3, 0.4) is 0 Å². The second-order valence-corrected chi connectivity index (χ2v) is 4.63. The molecule has 0 aliphatic heterocycles. The molecule has 0 saturated carbocycles. The number of methoxy groups -OCH3 is 1. The number of nitrogens with one attached hydrogen (secondary N) is 1. The first-order valence-corrected chi connectivity index (χ1v) is 6.62. The molecule has 0 amide bonds. The van der Waals surface area contributed by atoms with E-state index in [2.05, 4.69) is 15.0 Å². The van der Waals surface area contributed by atoms with Crippen LogP contribution in [0.4, 0.5) is 5.69 Å². The first-order valence-electron chi connectivity index (χ1n) is 6.62. The summed E-state index contributed by atoms with van der Waals surface area (Å²) in [5.74, 6) is 0.840. The molecule has 0 aliphatic rings. The molecule has 112 valence electrons. The van der Waals surface area contributed by atoms with Crippen molar-refractivity contribution in [3.63, 3.8) is 0 Å². The Hall–Kier alpha value is -2.50. The molecule has 0 aliphatic carbocycles. The Kier molecular flexibility index (Phi) is 4.81. The van der Waals surface area contributed by atoms with Gasteiger partial charge in [0.1, 0.15) is 5.76 Å². The fourth-order valence-electron chi connectivity index (χ4n) is 1.71. The monoisotopic (exact) mass is 290 g/mol. The summed E-state index contributed by atoms with van der Waals surface area (Å²) in [7, 11) is 1.31. The van der Waals surface area contributed by atoms with Gasteiger partial charge in [-0.15, -0.1) is 0 Å². The van der Waals surface area contributed by atoms with E-state index in [-0.39, 0.29) is 11.9 Å². The fraction of sp³-hybridized carbons (Fsp3) is 0.333. The van der Waals surface area contributed by atoms with E-state index in [0.717, 1.165) is 5.69 Å². The molecule has 0 spiro atoms. The number of rotatable bonds is 6. The predicted molar refractivity (Wildman–Crippen MR) is 77.4 cm³/mol. The maximum Gasteiger partial charge on any atom is 0.373 e. The summed E-state index contributed by atoms with van der Waals surface area (Å²) in [6.45, 7) is 4.29. The van der Waals surface area contributed by atoms with Gasteiger partial charge in [-0.1, -0.05) is 0 Å². The second-order valence-electron chi connectivity index (χ2n) is 4.63. The van der Waals surface area contributed by atoms with Gasteiger partial charge >= 0.3 is 5.97 Å². The van der Waals surface area contributed by atoms with E-state index in [1.54, 1.807) is 18.3 Å². The minimum absolute atomic E-state index is 0.0370. The molecule has 2 heterocycles. The number of esters is 1. The number of carbonyl (C=O) groups is 1. The Morgan fingerprint density at radius 1 is 1.38 bits per heavy atom. The highest BCUT2D eigenvalue weighted by Gasteiger charge is 2.12. The number of ether oxygens (including phenoxy) is 2. The molecule has 0 bridgehead atoms. The molecule has 0 fully saturated rings. The van der Waals surface area contributed by atoms with Crippen LogP contribution in [0.15, 0.2) is 34.9 Å². The molecular weight excluding hydrogens is 272 g/mol. The van der Waals surface area contributed by atoms with E-state index in [1.807, 2.05) is 26.0 Å². The first kappa shape index (κ1) is 14.9. The van der Waals surface area contributed by atoms with Crippen LogP contribution in [0.1, 0.15) is 30.2 Å². The smallest absolute Gasteiger partial charge is 0.373 e. The highest BCUT2D eigenvalue weighted by molar-refractivity contribution is 5.86. The van der Waals surface area contributed by atoms with Gasteiger partial charge < -0.3 is 19.2 Å². The van der Waals surface area contributed by atoms with Gasteiger partial charge in [-0.3, -0.25) is 0 Å². The van der Waals surface area contributed by atoms with Crippen molar-refractivity contribution in [2.75, 3.05) is 12.4 Å². The predicted octanol–water partition coefficient (Wildman–Crippen LogP) is 2.86. The van der Waals surface area contributed by atoms with Crippen molar-refractivity contribution in [3.8, 4) is 5.88 Å². The molecule has 0 saturated heterocycles. The minimum Gasteiger partial charge on any atom is -0.473 e. The molecule has 0 aromatic carbocycles. The molecule has 2 rings (SSSR count). The number of aromatic nitrogens is 1. The SMILES string of the molecule is COC(=O)c1ccc(CNc2cccnc2OC(C)C)o1. The van der Waals surface area contributed by atoms with Gasteiger partial charge in [0.05, 0.1) is 25.4 Å². The average molecular weight is 290 g/mol. The fourth-order valence-corrected chi connectivity index (χ4v) is 1.71. The lowest BCUT2D eigenvalue weighted by atomic mass is 10.3. The standard InChI is InChI=1S/C15H18N2O4/c1-10(2)20-14-12(5-4-8-16-14)17-9-11-6-7-13(21-11)15(18)19-3/h4-8,10,17H,9H2,1-3H3. The average Bonchev–Trinajstić information content (AvgIpc) is 2.94. The van der Waals surface area contributed by atoms with Crippen LogP contribution in [-0.2, 0) is 11.3 Å². The summed E-state index contributed by atoms with van der Waals surface area (Å²) < 4.78 is 15.6. The molecule has 6 nitrogen and oxygen atoms in total. The van der Waals surface area contributed by atoms with Crippen molar-refractivity contribution in [2.24, 2.45) is 0 Å². The number of nitrogens with zero attached hydrogens (tertiary/aromatic N) is 1. The van der Waals surface area contributed by atoms with Crippen molar-refractivity contribution >= 4 is 11.7 Å². The van der Waals surface area contributed by atoms with Crippen LogP contribution >= 0.6 is 0 Å². The molecule has 2 aromatic rings. The van der Waals surface area contributed by atoms with Crippen molar-refractivity contribution in [1.29, 1.82) is 0 Å². The Bertz CT molecular complexity index is 607. The summed E-state index contributed by atoms with van der Waals surface area (Å²) >= 11 is 0. The van der Waals surface area contributed by atoms with E-state index in [9.17, 15) is 4.79 Å². The third kappa shape index (κ3) is 3.98. The van der Waals surface area contributed by atoms with Crippen LogP contribution in [0.25, 0.3) is 0 Å². The molecule has 2 aromatic heterocycles. The number of carbonyl (C=O) groups excluding carboxylic acids is 1. The first-order chi connectivity index (χ1) is 10.1. The highest BCUT2D eigenvalue weighted by Crippen LogP contribution is 2.22. The van der Waals surface area contributed by atoms with E-state index in [4.69, 9.17) is 9.15 Å². The molecular formula is C15H18N2O4. The highest BCUT2D eigenvalue weighted by atomic mass is 16.5. The Labute approximate surface area is 123 Å². The lowest BCUT2D eigenvalue weighted by Crippen LogP contribution is -2.09. The summed E-state index contributed by atoms with van der Waals surface area (Å²) in [6, 6.07) is 6.99. The Morgan fingerprint density at radius 3 is 2.90 bits per heavy atom. The third-order valence-electron chi connectivity index (χ3n) is 2.62. The third-order valence-corrected chi connectivity index (χ3v) is 2.62. The van der Waals surface area contributed by atoms with Gasteiger partial charge in [0, 0.05) is 6.20 Å². The van der Waals surface area contributed by atoms with Gasteiger partial charge in [-0.25, -0.2) is 9.78 Å². The van der Waals surface area contributed by atoms with Crippen LogP contribution in [-0.4, -0.2) is 24.2 Å². The summed E-state index contributed by atoms with van der Waals surface area (Å²) in [6.07, 6.45) is 1.71. The van der Waals surface area contributed by atoms with Crippen LogP contribution in [0, 0.1) is 0 Å². The van der Waals surface area contributed by atoms with Crippen LogP contribution < -0.4 is 10.1 Å². The number of anilines is 1. The maximum absolute atomic E-state index is 11.3. The van der Waals surface area contributed by atoms with Crippen molar-refractivity contribution < 1.29 is 18.7 Å². The van der Waals surface area contributed by atoms with E-state index >= 15 is 0 Å². The summed E-state index contributed by atoms with van der Waals surface area (Å²) in [5, 5.41) is 3.17. The minimum atomic E-state index is -0.494. The Balaban J connectivity index is 2.03. The number of furan rings is 1. The lowest BCUT2D eigenvalue weighted by Gasteiger charge is -2.13. The van der Waals surface area contributed by atoms with Gasteiger partial charge in [0.25, 0.3) is 0 Å². The maximum atomic E-state index is 11.3. The van der Waals surface area contributed by atoms with E-state index in [1.165, 1.54) is 7.11 Å². The number of hydrogen-bond acceptors (Lipinski definition) is 6. The van der Waals surface area contributed by atoms with Gasteiger partial charge in [0.15, 0.2) is 0 Å². The largest absolute Gasteiger partial charge is 0.473 e. The van der Waals surface area contributed by atoms with Gasteiger partial charge in [0.2, 0.25) is 11.6 Å². The van der Waals surface area contributed by atoms with Crippen molar-refractivity contribution in [1.82, 2.24) is 4.98 Å². The normalized spacial score (nSPS) is 10.5. The van der Waals surface area contributed by atoms with Gasteiger partial charge in [-0.2, -0.15) is 0 Å². The van der Waals surface area contributed by atoms with Crippen molar-refractivity contribution in [2.45, 2.75) is 26.5 Å². The van der Waals surface area contributed by atoms with Crippen molar-refractivity contribution in [3.05, 3.63) is 42.0 Å². The molecule has 0 unspecified atom stereocenters. The molecule has 0 atom stereocenters. The zero-order valence-corrected chi connectivity index (χ0v) is 12.3. The quantitative estimate of drug-likeness (QED) is 0.825. The molecule has 0 radical (unpaired) electrons. The molecule has 1 N–H and O–H groups in total. The molecule has 6 heteroatoms. The van der Waals surface area contributed by atoms with Crippen LogP contribution in [0.2, 0.25) is 0 Å². The number of hydrogen-bond donors (Lipinski definition) is 1. The Morgan fingerprint density at radius 2 is 2.19 bits per heavy atom. The molecule has 21 heavy (non-hydrogen) atoms. The van der Waals surface area contributed by atoms with E-state index < -0.39 is 5.97 Å². The van der Waals surface area contributed by atoms with Gasteiger partial charge in [-0.05, 0) is 38.1 Å². The topological polar surface area (TPSA) is 73.6 Å². The lowest BCUT2D eigenvalue weighted by molar-refractivity contribution is 0.0563. The van der Waals surface area contributed by atoms with Crippen LogP contribution in [0.5, 0.6) is 5.88 Å². The van der Waals surface area contributed by atoms with E-state index in [0.29, 0.717) is 18.2 Å². The number of pyridine rings is 1. The summed E-state index contributed by atoms with van der Waals surface area (Å²) in [5.41, 5.74) is 0.766. The summed E-state index contributed by atoms with van der Waals surface area (Å²) in [4.78, 5) is 15.5. The zero-order valence-electron chi connectivity index (χ0n) is 12.3. The zero-order chi connectivity index (χ0) is 15.2. The second kappa shape index (κ2) is 6.78.